The molecule has 21 heavy (non-hydrogen) atoms. The van der Waals surface area contributed by atoms with Gasteiger partial charge in [0.05, 0.1) is 0 Å². The Morgan fingerprint density at radius 2 is 1.86 bits per heavy atom. The summed E-state index contributed by atoms with van der Waals surface area (Å²) in [5.74, 6) is 2.61. The molecule has 0 amide bonds. The van der Waals surface area contributed by atoms with Crippen molar-refractivity contribution >= 4 is 11.6 Å². The molecule has 0 aliphatic heterocycles. The van der Waals surface area contributed by atoms with Crippen molar-refractivity contribution in [2.75, 3.05) is 17.6 Å². The van der Waals surface area contributed by atoms with Gasteiger partial charge in [0.15, 0.2) is 0 Å². The second kappa shape index (κ2) is 6.43. The molecule has 1 heterocycles. The number of anilines is 2. The van der Waals surface area contributed by atoms with Crippen LogP contribution in [0.15, 0.2) is 24.3 Å². The molecular formula is C16H22N4O. The van der Waals surface area contributed by atoms with Crippen LogP contribution in [-0.4, -0.2) is 21.6 Å². The first kappa shape index (κ1) is 15.1. The third-order valence-electron chi connectivity index (χ3n) is 3.36. The first-order chi connectivity index (χ1) is 9.97. The van der Waals surface area contributed by atoms with Crippen LogP contribution in [0.5, 0.6) is 5.75 Å². The zero-order valence-corrected chi connectivity index (χ0v) is 12.7. The van der Waals surface area contributed by atoms with Gasteiger partial charge in [-0.15, -0.1) is 0 Å². The van der Waals surface area contributed by atoms with Crippen molar-refractivity contribution in [3.05, 3.63) is 41.2 Å². The number of nitrogens with zero attached hydrogens (tertiary/aromatic N) is 2. The quantitative estimate of drug-likeness (QED) is 0.787. The molecule has 0 fully saturated rings. The van der Waals surface area contributed by atoms with Crippen molar-refractivity contribution in [2.24, 2.45) is 0 Å². The highest BCUT2D eigenvalue weighted by Crippen LogP contribution is 2.21. The van der Waals surface area contributed by atoms with Gasteiger partial charge in [-0.25, -0.2) is 9.97 Å². The maximum atomic E-state index is 9.26. The number of phenols is 1. The Kier molecular flexibility index (Phi) is 4.62. The second-order valence-corrected chi connectivity index (χ2v) is 5.44. The van der Waals surface area contributed by atoms with Crippen LogP contribution in [-0.2, 0) is 6.42 Å². The molecule has 5 nitrogen and oxygen atoms in total. The van der Waals surface area contributed by atoms with Crippen LogP contribution in [0.4, 0.5) is 11.6 Å². The SMILES string of the molecule is Cc1c(N)nc(C(C)C)nc1NCCc1ccc(O)cc1. The summed E-state index contributed by atoms with van der Waals surface area (Å²) in [6, 6.07) is 7.22. The van der Waals surface area contributed by atoms with E-state index in [1.165, 1.54) is 0 Å². The highest BCUT2D eigenvalue weighted by Gasteiger charge is 2.10. The number of hydrogen-bond donors (Lipinski definition) is 3. The minimum Gasteiger partial charge on any atom is -0.508 e. The molecule has 5 heteroatoms. The van der Waals surface area contributed by atoms with E-state index < -0.39 is 0 Å². The number of phenolic OH excluding ortho intramolecular Hbond substituents is 1. The summed E-state index contributed by atoms with van der Waals surface area (Å²) in [6.07, 6.45) is 0.848. The molecule has 2 aromatic rings. The first-order valence-electron chi connectivity index (χ1n) is 7.13. The van der Waals surface area contributed by atoms with E-state index in [9.17, 15) is 5.11 Å². The molecule has 1 aromatic heterocycles. The lowest BCUT2D eigenvalue weighted by Gasteiger charge is -2.13. The molecule has 0 aliphatic rings. The number of rotatable bonds is 5. The van der Waals surface area contributed by atoms with Crippen molar-refractivity contribution in [2.45, 2.75) is 33.1 Å². The van der Waals surface area contributed by atoms with Gasteiger partial charge in [0.1, 0.15) is 23.2 Å². The summed E-state index contributed by atoms with van der Waals surface area (Å²) in [6.45, 7) is 6.76. The summed E-state index contributed by atoms with van der Waals surface area (Å²) >= 11 is 0. The van der Waals surface area contributed by atoms with Crippen LogP contribution in [0.25, 0.3) is 0 Å². The van der Waals surface area contributed by atoms with Gasteiger partial charge in [-0.05, 0) is 31.0 Å². The Bertz CT molecular complexity index is 608. The lowest BCUT2D eigenvalue weighted by atomic mass is 10.1. The summed E-state index contributed by atoms with van der Waals surface area (Å²) < 4.78 is 0. The lowest BCUT2D eigenvalue weighted by molar-refractivity contribution is 0.475. The number of aromatic hydroxyl groups is 1. The number of nitrogens with two attached hydrogens (primary N) is 1. The first-order valence-corrected chi connectivity index (χ1v) is 7.13. The molecule has 0 saturated carbocycles. The van der Waals surface area contributed by atoms with E-state index in [2.05, 4.69) is 15.3 Å². The summed E-state index contributed by atoms with van der Waals surface area (Å²) in [5, 5.41) is 12.6. The molecule has 0 spiro atoms. The molecule has 1 aromatic carbocycles. The third kappa shape index (κ3) is 3.84. The molecule has 0 unspecified atom stereocenters. The number of hydrogen-bond acceptors (Lipinski definition) is 5. The zero-order valence-electron chi connectivity index (χ0n) is 12.7. The molecule has 2 rings (SSSR count). The van der Waals surface area contributed by atoms with Crippen LogP contribution in [0, 0.1) is 6.92 Å². The average Bonchev–Trinajstić information content (AvgIpc) is 2.45. The standard InChI is InChI=1S/C16H22N4O/c1-10(2)15-19-14(17)11(3)16(20-15)18-9-8-12-4-6-13(21)7-5-12/h4-7,10,21H,8-9H2,1-3H3,(H3,17,18,19,20). The fourth-order valence-electron chi connectivity index (χ4n) is 1.97. The van der Waals surface area contributed by atoms with Crippen molar-refractivity contribution < 1.29 is 5.11 Å². The fourth-order valence-corrected chi connectivity index (χ4v) is 1.97. The van der Waals surface area contributed by atoms with Gasteiger partial charge >= 0.3 is 0 Å². The van der Waals surface area contributed by atoms with E-state index in [0.717, 1.165) is 35.7 Å². The van der Waals surface area contributed by atoms with Crippen LogP contribution in [0.1, 0.15) is 36.7 Å². The number of nitrogens with one attached hydrogen (secondary N) is 1. The molecule has 0 saturated heterocycles. The Labute approximate surface area is 125 Å². The fraction of sp³-hybridized carbons (Fsp3) is 0.375. The Balaban J connectivity index is 2.04. The maximum Gasteiger partial charge on any atom is 0.135 e. The minimum absolute atomic E-state index is 0.241. The summed E-state index contributed by atoms with van der Waals surface area (Å²) in [7, 11) is 0. The predicted octanol–water partition coefficient (Wildman–Crippen LogP) is 2.85. The summed E-state index contributed by atoms with van der Waals surface area (Å²) in [5.41, 5.74) is 7.98. The topological polar surface area (TPSA) is 84.1 Å². The van der Waals surface area contributed by atoms with E-state index in [-0.39, 0.29) is 11.7 Å². The van der Waals surface area contributed by atoms with Gasteiger partial charge in [-0.1, -0.05) is 26.0 Å². The third-order valence-corrected chi connectivity index (χ3v) is 3.36. The summed E-state index contributed by atoms with van der Waals surface area (Å²) in [4.78, 5) is 8.84. The van der Waals surface area contributed by atoms with Crippen LogP contribution < -0.4 is 11.1 Å². The van der Waals surface area contributed by atoms with Crippen molar-refractivity contribution in [1.82, 2.24) is 9.97 Å². The van der Waals surface area contributed by atoms with Crippen LogP contribution in [0.2, 0.25) is 0 Å². The highest BCUT2D eigenvalue weighted by atomic mass is 16.3. The van der Waals surface area contributed by atoms with E-state index in [4.69, 9.17) is 5.73 Å². The molecule has 0 radical (unpaired) electrons. The smallest absolute Gasteiger partial charge is 0.135 e. The van der Waals surface area contributed by atoms with E-state index in [0.29, 0.717) is 5.82 Å². The molecule has 112 valence electrons. The molecule has 4 N–H and O–H groups in total. The van der Waals surface area contributed by atoms with Crippen molar-refractivity contribution in [1.29, 1.82) is 0 Å². The van der Waals surface area contributed by atoms with E-state index in [1.807, 2.05) is 32.9 Å². The Morgan fingerprint density at radius 1 is 1.19 bits per heavy atom. The molecule has 0 bridgehead atoms. The van der Waals surface area contributed by atoms with Gasteiger partial charge < -0.3 is 16.2 Å². The normalized spacial score (nSPS) is 10.9. The van der Waals surface area contributed by atoms with E-state index >= 15 is 0 Å². The monoisotopic (exact) mass is 286 g/mol. The van der Waals surface area contributed by atoms with Gasteiger partial charge in [-0.3, -0.25) is 0 Å². The van der Waals surface area contributed by atoms with Crippen LogP contribution in [0.3, 0.4) is 0 Å². The lowest BCUT2D eigenvalue weighted by Crippen LogP contribution is -2.12. The average molecular weight is 286 g/mol. The molecule has 0 atom stereocenters. The van der Waals surface area contributed by atoms with Gasteiger partial charge in [0, 0.05) is 18.0 Å². The van der Waals surface area contributed by atoms with Crippen molar-refractivity contribution in [3.8, 4) is 5.75 Å². The number of aromatic nitrogens is 2. The largest absolute Gasteiger partial charge is 0.508 e. The highest BCUT2D eigenvalue weighted by molar-refractivity contribution is 5.55. The van der Waals surface area contributed by atoms with Gasteiger partial charge in [0.25, 0.3) is 0 Å². The zero-order chi connectivity index (χ0) is 15.4. The van der Waals surface area contributed by atoms with Gasteiger partial charge in [-0.2, -0.15) is 0 Å². The second-order valence-electron chi connectivity index (χ2n) is 5.44. The minimum atomic E-state index is 0.241. The molecular weight excluding hydrogens is 264 g/mol. The number of benzene rings is 1. The van der Waals surface area contributed by atoms with E-state index in [1.54, 1.807) is 12.1 Å². The van der Waals surface area contributed by atoms with Crippen LogP contribution >= 0.6 is 0 Å². The number of nitrogen functional groups attached to an aromatic ring is 1. The predicted molar refractivity (Wildman–Crippen MR) is 85.6 cm³/mol. The van der Waals surface area contributed by atoms with Gasteiger partial charge in [0.2, 0.25) is 0 Å². The molecule has 0 aliphatic carbocycles. The Morgan fingerprint density at radius 3 is 2.48 bits per heavy atom. The maximum absolute atomic E-state index is 9.26. The Hall–Kier alpha value is -2.30. The van der Waals surface area contributed by atoms with Crippen molar-refractivity contribution in [3.63, 3.8) is 0 Å².